The number of hydrogen-bond donors (Lipinski definition) is 0. The Morgan fingerprint density at radius 1 is 1.21 bits per heavy atom. The molecule has 1 aromatic carbocycles. The third-order valence-electron chi connectivity index (χ3n) is 6.90. The molecule has 0 saturated carbocycles. The average Bonchev–Trinajstić information content (AvgIpc) is 3.33. The number of hydrogen-bond acceptors (Lipinski definition) is 3. The summed E-state index contributed by atoms with van der Waals surface area (Å²) in [4.78, 5) is 7.49. The Kier molecular flexibility index (Phi) is 5.73. The minimum Gasteiger partial charge on any atom is -0.287 e. The van der Waals surface area contributed by atoms with Crippen molar-refractivity contribution in [3.05, 3.63) is 65.3 Å². The molecule has 0 radical (unpaired) electrons. The third kappa shape index (κ3) is 3.83. The predicted molar refractivity (Wildman–Crippen MR) is 119 cm³/mol. The molecular formula is C25H34N4. The number of aryl methyl sites for hydroxylation is 2. The van der Waals surface area contributed by atoms with Gasteiger partial charge in [0, 0.05) is 6.04 Å². The fourth-order valence-electron chi connectivity index (χ4n) is 5.17. The normalized spacial score (nSPS) is 23.8. The van der Waals surface area contributed by atoms with E-state index in [-0.39, 0.29) is 6.04 Å². The maximum atomic E-state index is 4.84. The Morgan fingerprint density at radius 2 is 1.97 bits per heavy atom. The van der Waals surface area contributed by atoms with Gasteiger partial charge in [0.15, 0.2) is 5.82 Å². The molecule has 1 aromatic heterocycles. The van der Waals surface area contributed by atoms with Crippen molar-refractivity contribution in [1.29, 1.82) is 0 Å². The minimum atomic E-state index is 0.208. The number of nitrogens with zero attached hydrogens (tertiary/aromatic N) is 4. The molecule has 29 heavy (non-hydrogen) atoms. The summed E-state index contributed by atoms with van der Waals surface area (Å²) in [5, 5.41) is 4.70. The summed E-state index contributed by atoms with van der Waals surface area (Å²) in [7, 11) is 0. The molecule has 4 rings (SSSR count). The Hall–Kier alpha value is -2.20. The van der Waals surface area contributed by atoms with Crippen LogP contribution < -0.4 is 0 Å². The minimum absolute atomic E-state index is 0.208. The lowest BCUT2D eigenvalue weighted by Crippen LogP contribution is -2.35. The molecule has 4 nitrogen and oxygen atoms in total. The Labute approximate surface area is 175 Å². The van der Waals surface area contributed by atoms with Gasteiger partial charge >= 0.3 is 0 Å². The smallest absolute Gasteiger partial charge is 0.153 e. The van der Waals surface area contributed by atoms with E-state index in [1.165, 1.54) is 47.2 Å². The maximum Gasteiger partial charge on any atom is 0.153 e. The summed E-state index contributed by atoms with van der Waals surface area (Å²) in [5.41, 5.74) is 6.48. The molecule has 0 amide bonds. The zero-order valence-electron chi connectivity index (χ0n) is 18.4. The quantitative estimate of drug-likeness (QED) is 0.613. The molecule has 1 aliphatic carbocycles. The lowest BCUT2D eigenvalue weighted by molar-refractivity contribution is 0.200. The van der Waals surface area contributed by atoms with Crippen LogP contribution in [0.1, 0.15) is 68.9 Å². The summed E-state index contributed by atoms with van der Waals surface area (Å²) >= 11 is 0. The van der Waals surface area contributed by atoms with Crippen molar-refractivity contribution in [1.82, 2.24) is 19.7 Å². The number of allylic oxidation sites excluding steroid dienone is 2. The van der Waals surface area contributed by atoms with Crippen LogP contribution in [0.25, 0.3) is 5.69 Å². The number of aromatic nitrogens is 3. The second-order valence-electron chi connectivity index (χ2n) is 9.00. The summed E-state index contributed by atoms with van der Waals surface area (Å²) in [6, 6.07) is 7.23. The van der Waals surface area contributed by atoms with Crippen molar-refractivity contribution in [3.63, 3.8) is 0 Å². The lowest BCUT2D eigenvalue weighted by Gasteiger charge is -2.35. The fourth-order valence-corrected chi connectivity index (χ4v) is 5.17. The van der Waals surface area contributed by atoms with Gasteiger partial charge in [0.2, 0.25) is 0 Å². The van der Waals surface area contributed by atoms with E-state index in [1.54, 1.807) is 6.33 Å². The van der Waals surface area contributed by atoms with Gasteiger partial charge in [0.05, 0.1) is 11.7 Å². The van der Waals surface area contributed by atoms with Crippen LogP contribution in [0, 0.1) is 19.8 Å². The highest BCUT2D eigenvalue weighted by molar-refractivity contribution is 5.47. The Morgan fingerprint density at radius 3 is 2.55 bits per heavy atom. The zero-order chi connectivity index (χ0) is 20.5. The topological polar surface area (TPSA) is 34.0 Å². The number of likely N-dealkylation sites (tertiary alicyclic amines) is 1. The van der Waals surface area contributed by atoms with Crippen LogP contribution in [0.5, 0.6) is 0 Å². The highest BCUT2D eigenvalue weighted by Gasteiger charge is 2.36. The van der Waals surface area contributed by atoms with Gasteiger partial charge in [-0.1, -0.05) is 36.4 Å². The van der Waals surface area contributed by atoms with Gasteiger partial charge in [-0.15, -0.1) is 0 Å². The fraction of sp³-hybridized carbons (Fsp3) is 0.520. The van der Waals surface area contributed by atoms with E-state index in [0.29, 0.717) is 12.0 Å². The third-order valence-corrected chi connectivity index (χ3v) is 6.90. The average molecular weight is 391 g/mol. The van der Waals surface area contributed by atoms with E-state index >= 15 is 0 Å². The Bertz CT molecular complexity index is 902. The largest absolute Gasteiger partial charge is 0.287 e. The van der Waals surface area contributed by atoms with Crippen molar-refractivity contribution in [2.24, 2.45) is 5.92 Å². The van der Waals surface area contributed by atoms with Crippen LogP contribution in [-0.2, 0) is 0 Å². The number of rotatable bonds is 5. The number of para-hydroxylation sites is 1. The number of benzene rings is 1. The SMILES string of the molecule is C=C(C)[C@@H]1CC=C(C(c2ncnn2-c2c(C)cccc2C)N2CCCC2C)CC1. The molecule has 1 fully saturated rings. The molecule has 1 saturated heterocycles. The van der Waals surface area contributed by atoms with Crippen molar-refractivity contribution in [3.8, 4) is 5.69 Å². The van der Waals surface area contributed by atoms with Crippen molar-refractivity contribution in [2.75, 3.05) is 6.54 Å². The molecule has 0 spiro atoms. The summed E-state index contributed by atoms with van der Waals surface area (Å²) in [6.45, 7) is 14.2. The molecule has 2 unspecified atom stereocenters. The van der Waals surface area contributed by atoms with E-state index < -0.39 is 0 Å². The molecule has 0 bridgehead atoms. The van der Waals surface area contributed by atoms with Crippen LogP contribution >= 0.6 is 0 Å². The van der Waals surface area contributed by atoms with Crippen molar-refractivity contribution >= 4 is 0 Å². The lowest BCUT2D eigenvalue weighted by atomic mass is 9.82. The monoisotopic (exact) mass is 390 g/mol. The van der Waals surface area contributed by atoms with Crippen LogP contribution in [0.3, 0.4) is 0 Å². The zero-order valence-corrected chi connectivity index (χ0v) is 18.4. The van der Waals surface area contributed by atoms with Crippen LogP contribution in [0.4, 0.5) is 0 Å². The molecule has 0 N–H and O–H groups in total. The highest BCUT2D eigenvalue weighted by Crippen LogP contribution is 2.40. The summed E-state index contributed by atoms with van der Waals surface area (Å²) < 4.78 is 2.10. The van der Waals surface area contributed by atoms with Gasteiger partial charge in [-0.2, -0.15) is 5.10 Å². The summed E-state index contributed by atoms with van der Waals surface area (Å²) in [5.74, 6) is 1.68. The Balaban J connectivity index is 1.78. The maximum absolute atomic E-state index is 4.84. The van der Waals surface area contributed by atoms with Crippen LogP contribution in [0.15, 0.2) is 48.3 Å². The first-order valence-electron chi connectivity index (χ1n) is 11.0. The van der Waals surface area contributed by atoms with Gasteiger partial charge in [-0.3, -0.25) is 4.90 Å². The standard InChI is InChI=1S/C25H34N4/c1-17(2)21-11-13-22(14-12-21)24(28-15-7-10-20(28)5)25-26-16-27-29(25)23-18(3)8-6-9-19(23)4/h6,8-9,13,16,20-21,24H,1,7,10-12,14-15H2,2-5H3/t20?,21-,24?/m1/s1. The van der Waals surface area contributed by atoms with Gasteiger partial charge in [-0.25, -0.2) is 9.67 Å². The first-order valence-corrected chi connectivity index (χ1v) is 11.0. The van der Waals surface area contributed by atoms with Gasteiger partial charge in [0.25, 0.3) is 0 Å². The van der Waals surface area contributed by atoms with E-state index in [2.05, 4.69) is 68.1 Å². The molecule has 2 aliphatic rings. The molecule has 4 heteroatoms. The molecule has 154 valence electrons. The van der Waals surface area contributed by atoms with E-state index in [1.807, 2.05) is 0 Å². The molecule has 2 aromatic rings. The second kappa shape index (κ2) is 8.27. The van der Waals surface area contributed by atoms with Crippen molar-refractivity contribution < 1.29 is 0 Å². The van der Waals surface area contributed by atoms with E-state index in [4.69, 9.17) is 10.1 Å². The van der Waals surface area contributed by atoms with Crippen LogP contribution in [-0.4, -0.2) is 32.3 Å². The van der Waals surface area contributed by atoms with Gasteiger partial charge in [0.1, 0.15) is 6.33 Å². The van der Waals surface area contributed by atoms with Crippen molar-refractivity contribution in [2.45, 2.75) is 71.9 Å². The molecule has 2 heterocycles. The first-order chi connectivity index (χ1) is 14.0. The van der Waals surface area contributed by atoms with Crippen LogP contribution in [0.2, 0.25) is 0 Å². The van der Waals surface area contributed by atoms with Gasteiger partial charge in [-0.05, 0) is 89.0 Å². The highest BCUT2D eigenvalue weighted by atomic mass is 15.4. The van der Waals surface area contributed by atoms with E-state index in [0.717, 1.165) is 25.2 Å². The predicted octanol–water partition coefficient (Wildman–Crippen LogP) is 5.71. The molecule has 3 atom stereocenters. The summed E-state index contributed by atoms with van der Waals surface area (Å²) in [6.07, 6.45) is 10.1. The first kappa shape index (κ1) is 20.1. The van der Waals surface area contributed by atoms with Gasteiger partial charge < -0.3 is 0 Å². The molecular weight excluding hydrogens is 356 g/mol. The second-order valence-corrected chi connectivity index (χ2v) is 9.00. The van der Waals surface area contributed by atoms with E-state index in [9.17, 15) is 0 Å². The molecule has 1 aliphatic heterocycles.